The van der Waals surface area contributed by atoms with Gasteiger partial charge in [-0.25, -0.2) is 4.79 Å². The molecule has 2 atom stereocenters. The molecule has 3 aromatic rings. The first-order valence-corrected chi connectivity index (χ1v) is 13.2. The Kier molecular flexibility index (Phi) is 8.05. The Bertz CT molecular complexity index is 1240. The smallest absolute Gasteiger partial charge is 0.326 e. The second kappa shape index (κ2) is 11.8. The van der Waals surface area contributed by atoms with E-state index in [9.17, 15) is 19.8 Å². The molecule has 0 spiro atoms. The molecule has 198 valence electrons. The molecule has 1 amide bonds. The maximum Gasteiger partial charge on any atom is 0.326 e. The summed E-state index contributed by atoms with van der Waals surface area (Å²) in [5.74, 6) is -0.785. The number of aliphatic hydroxyl groups excluding tert-OH is 1. The number of aliphatic carboxylic acids is 1. The summed E-state index contributed by atoms with van der Waals surface area (Å²) in [6.45, 7) is 0.529. The monoisotopic (exact) mass is 515 g/mol. The van der Waals surface area contributed by atoms with Gasteiger partial charge in [0.1, 0.15) is 18.4 Å². The molecular formula is C31H33NO6. The summed E-state index contributed by atoms with van der Waals surface area (Å²) in [5, 5.41) is 20.1. The lowest BCUT2D eigenvalue weighted by Gasteiger charge is -2.38. The molecule has 3 aromatic carbocycles. The second-order valence-corrected chi connectivity index (χ2v) is 10.0. The lowest BCUT2D eigenvalue weighted by Crippen LogP contribution is -2.51. The van der Waals surface area contributed by atoms with Gasteiger partial charge in [0.25, 0.3) is 5.91 Å². The third kappa shape index (κ3) is 5.90. The summed E-state index contributed by atoms with van der Waals surface area (Å²) in [6.07, 6.45) is 1.29. The summed E-state index contributed by atoms with van der Waals surface area (Å²) in [6, 6.07) is 23.6. The minimum Gasteiger partial charge on any atom is -0.489 e. The molecule has 1 aliphatic heterocycles. The number of hydrogen-bond donors (Lipinski definition) is 2. The van der Waals surface area contributed by atoms with E-state index in [4.69, 9.17) is 9.47 Å². The molecule has 1 heterocycles. The highest BCUT2D eigenvalue weighted by atomic mass is 16.5. The molecular weight excluding hydrogens is 482 g/mol. The van der Waals surface area contributed by atoms with E-state index in [0.717, 1.165) is 16.7 Å². The van der Waals surface area contributed by atoms with Crippen LogP contribution in [0.5, 0.6) is 5.75 Å². The average Bonchev–Trinajstić information content (AvgIpc) is 2.95. The van der Waals surface area contributed by atoms with E-state index in [1.165, 1.54) is 4.90 Å². The Balaban J connectivity index is 1.40. The van der Waals surface area contributed by atoms with Gasteiger partial charge in [-0.15, -0.1) is 0 Å². The van der Waals surface area contributed by atoms with Crippen LogP contribution in [0.2, 0.25) is 0 Å². The Labute approximate surface area is 222 Å². The van der Waals surface area contributed by atoms with Crippen LogP contribution in [0.25, 0.3) is 0 Å². The molecule has 0 aromatic heterocycles. The fraction of sp³-hybridized carbons (Fsp3) is 0.355. The van der Waals surface area contributed by atoms with Crippen LogP contribution in [-0.4, -0.2) is 45.2 Å². The van der Waals surface area contributed by atoms with Crippen LogP contribution in [0.3, 0.4) is 0 Å². The summed E-state index contributed by atoms with van der Waals surface area (Å²) in [4.78, 5) is 27.9. The minimum atomic E-state index is -1.06. The van der Waals surface area contributed by atoms with Gasteiger partial charge in [0.15, 0.2) is 6.10 Å². The molecule has 1 fully saturated rings. The van der Waals surface area contributed by atoms with Gasteiger partial charge < -0.3 is 24.6 Å². The van der Waals surface area contributed by atoms with Gasteiger partial charge in [-0.1, -0.05) is 72.8 Å². The van der Waals surface area contributed by atoms with Gasteiger partial charge in [-0.2, -0.15) is 0 Å². The number of ether oxygens (including phenoxy) is 2. The number of carbonyl (C=O) groups is 2. The van der Waals surface area contributed by atoms with Crippen LogP contribution in [0.1, 0.15) is 54.0 Å². The Hall–Kier alpha value is -3.68. The molecule has 1 aliphatic carbocycles. The molecule has 0 bridgehead atoms. The Morgan fingerprint density at radius 3 is 2.26 bits per heavy atom. The number of hydrogen-bond acceptors (Lipinski definition) is 5. The van der Waals surface area contributed by atoms with Crippen molar-refractivity contribution in [2.75, 3.05) is 0 Å². The summed E-state index contributed by atoms with van der Waals surface area (Å²) in [7, 11) is 0. The zero-order valence-electron chi connectivity index (χ0n) is 21.2. The Morgan fingerprint density at radius 1 is 0.895 bits per heavy atom. The van der Waals surface area contributed by atoms with Crippen molar-refractivity contribution >= 4 is 11.9 Å². The van der Waals surface area contributed by atoms with E-state index in [1.807, 2.05) is 78.9 Å². The molecule has 1 saturated carbocycles. The quantitative estimate of drug-likeness (QED) is 0.453. The van der Waals surface area contributed by atoms with E-state index < -0.39 is 18.1 Å². The first-order chi connectivity index (χ1) is 18.5. The average molecular weight is 516 g/mol. The lowest BCUT2D eigenvalue weighted by molar-refractivity contribution is -0.161. The normalized spacial score (nSPS) is 21.8. The molecule has 7 heteroatoms. The molecule has 0 radical (unpaired) electrons. The van der Waals surface area contributed by atoms with Crippen LogP contribution >= 0.6 is 0 Å². The molecule has 0 saturated heterocycles. The summed E-state index contributed by atoms with van der Waals surface area (Å²) in [5.41, 5.74) is 3.40. The number of carboxylic acid groups (broad SMARTS) is 1. The zero-order valence-corrected chi connectivity index (χ0v) is 21.2. The lowest BCUT2D eigenvalue weighted by atomic mass is 9.91. The van der Waals surface area contributed by atoms with E-state index in [1.54, 1.807) is 0 Å². The summed E-state index contributed by atoms with van der Waals surface area (Å²) < 4.78 is 12.4. The van der Waals surface area contributed by atoms with Crippen molar-refractivity contribution in [2.45, 2.75) is 69.6 Å². The maximum absolute atomic E-state index is 14.0. The van der Waals surface area contributed by atoms with E-state index in [2.05, 4.69) is 0 Å². The number of rotatable bonds is 8. The van der Waals surface area contributed by atoms with Gasteiger partial charge in [0, 0.05) is 18.5 Å². The third-order valence-corrected chi connectivity index (χ3v) is 7.45. The van der Waals surface area contributed by atoms with Crippen molar-refractivity contribution in [3.63, 3.8) is 0 Å². The van der Waals surface area contributed by atoms with Gasteiger partial charge >= 0.3 is 5.97 Å². The summed E-state index contributed by atoms with van der Waals surface area (Å²) >= 11 is 0. The predicted molar refractivity (Wildman–Crippen MR) is 141 cm³/mol. The van der Waals surface area contributed by atoms with Crippen molar-refractivity contribution < 1.29 is 29.3 Å². The number of fused-ring (bicyclic) bond motifs is 1. The highest BCUT2D eigenvalue weighted by Crippen LogP contribution is 2.35. The highest BCUT2D eigenvalue weighted by molar-refractivity contribution is 5.88. The van der Waals surface area contributed by atoms with E-state index >= 15 is 0 Å². The standard InChI is InChI=1S/C31H33NO6/c33-24-14-16-25(17-15-24)38-29(22-10-5-2-6-11-22)30(34)32-19-23-12-7-13-28(26(23)18-27(32)31(35)36)37-20-21-8-3-1-4-9-21/h1-13,24-25,27,29,33H,14-20H2,(H,35,36)/t24-,25+,27-,29-/m1/s1. The van der Waals surface area contributed by atoms with Crippen molar-refractivity contribution in [1.82, 2.24) is 4.90 Å². The SMILES string of the molecule is O=C(O)[C@H]1Cc2c(cccc2OCc2ccccc2)CN1C(=O)[C@H](O[C@H]1CC[C@@H](O)CC1)c1ccccc1. The molecule has 0 unspecified atom stereocenters. The van der Waals surface area contributed by atoms with Crippen molar-refractivity contribution in [3.05, 3.63) is 101 Å². The zero-order chi connectivity index (χ0) is 26.5. The number of nitrogens with zero attached hydrogens (tertiary/aromatic N) is 1. The minimum absolute atomic E-state index is 0.151. The van der Waals surface area contributed by atoms with Gasteiger partial charge in [0.05, 0.1) is 12.2 Å². The molecule has 2 aliphatic rings. The Morgan fingerprint density at radius 2 is 1.58 bits per heavy atom. The van der Waals surface area contributed by atoms with Crippen LogP contribution in [0, 0.1) is 0 Å². The first-order valence-electron chi connectivity index (χ1n) is 13.2. The predicted octanol–water partition coefficient (Wildman–Crippen LogP) is 4.66. The van der Waals surface area contributed by atoms with Gasteiger partial charge in [-0.05, 0) is 48.4 Å². The van der Waals surface area contributed by atoms with Crippen molar-refractivity contribution in [3.8, 4) is 5.75 Å². The number of amides is 1. The van der Waals surface area contributed by atoms with Crippen molar-refractivity contribution in [2.24, 2.45) is 0 Å². The fourth-order valence-corrected chi connectivity index (χ4v) is 5.34. The van der Waals surface area contributed by atoms with Crippen LogP contribution in [0.4, 0.5) is 0 Å². The number of carbonyl (C=O) groups excluding carboxylic acids is 1. The second-order valence-electron chi connectivity index (χ2n) is 10.0. The van der Waals surface area contributed by atoms with Crippen LogP contribution in [0.15, 0.2) is 78.9 Å². The molecule has 7 nitrogen and oxygen atoms in total. The fourth-order valence-electron chi connectivity index (χ4n) is 5.34. The molecule has 2 N–H and O–H groups in total. The first kappa shape index (κ1) is 25.9. The molecule has 5 rings (SSSR count). The highest BCUT2D eigenvalue weighted by Gasteiger charge is 2.40. The third-order valence-electron chi connectivity index (χ3n) is 7.45. The number of carboxylic acids is 1. The largest absolute Gasteiger partial charge is 0.489 e. The van der Waals surface area contributed by atoms with Crippen LogP contribution < -0.4 is 4.74 Å². The van der Waals surface area contributed by atoms with Crippen molar-refractivity contribution in [1.29, 1.82) is 0 Å². The maximum atomic E-state index is 14.0. The number of aliphatic hydroxyl groups is 1. The van der Waals surface area contributed by atoms with Crippen LogP contribution in [-0.2, 0) is 33.9 Å². The molecule has 38 heavy (non-hydrogen) atoms. The topological polar surface area (TPSA) is 96.3 Å². The van der Waals surface area contributed by atoms with E-state index in [0.29, 0.717) is 43.6 Å². The van der Waals surface area contributed by atoms with Gasteiger partial charge in [0.2, 0.25) is 0 Å². The number of benzene rings is 3. The van der Waals surface area contributed by atoms with E-state index in [-0.39, 0.29) is 31.1 Å². The van der Waals surface area contributed by atoms with Gasteiger partial charge in [-0.3, -0.25) is 4.79 Å².